The molecule has 0 unspecified atom stereocenters. The monoisotopic (exact) mass is 265 g/mol. The average Bonchev–Trinajstić information content (AvgIpc) is 2.76. The molecule has 1 saturated heterocycles. The van der Waals surface area contributed by atoms with Crippen LogP contribution >= 0.6 is 0 Å². The number of hydrogen-bond donors (Lipinski definition) is 1. The van der Waals surface area contributed by atoms with Crippen LogP contribution in [0.25, 0.3) is 0 Å². The van der Waals surface area contributed by atoms with Crippen molar-refractivity contribution in [2.75, 3.05) is 13.2 Å². The molecule has 0 bridgehead atoms. The number of rotatable bonds is 4. The molecule has 102 valence electrons. The molecule has 1 heterocycles. The van der Waals surface area contributed by atoms with E-state index in [1.165, 1.54) is 4.90 Å². The Kier molecular flexibility index (Phi) is 3.83. The summed E-state index contributed by atoms with van der Waals surface area (Å²) in [6.07, 6.45) is 0. The highest BCUT2D eigenvalue weighted by atomic mass is 19.1. The summed E-state index contributed by atoms with van der Waals surface area (Å²) in [5.41, 5.74) is 0.916. The van der Waals surface area contributed by atoms with Crippen LogP contribution in [0.5, 0.6) is 0 Å². The van der Waals surface area contributed by atoms with E-state index in [0.29, 0.717) is 0 Å². The highest BCUT2D eigenvalue weighted by Crippen LogP contribution is 2.32. The second-order valence-corrected chi connectivity index (χ2v) is 4.81. The largest absolute Gasteiger partial charge is 0.481 e. The molecule has 2 rings (SSSR count). The van der Waals surface area contributed by atoms with Crippen LogP contribution in [-0.4, -0.2) is 35.1 Å². The molecule has 0 radical (unpaired) electrons. The lowest BCUT2D eigenvalue weighted by Gasteiger charge is -2.25. The summed E-state index contributed by atoms with van der Waals surface area (Å²) in [4.78, 5) is 24.6. The quantitative estimate of drug-likeness (QED) is 0.846. The van der Waals surface area contributed by atoms with E-state index in [9.17, 15) is 14.0 Å². The van der Waals surface area contributed by atoms with Gasteiger partial charge in [-0.05, 0) is 12.5 Å². The molecule has 1 aliphatic rings. The molecule has 1 N–H and O–H groups in total. The number of nitrogens with zero attached hydrogens (tertiary/aromatic N) is 1. The topological polar surface area (TPSA) is 57.6 Å². The van der Waals surface area contributed by atoms with Crippen molar-refractivity contribution in [3.05, 3.63) is 35.9 Å². The Morgan fingerprint density at radius 1 is 1.47 bits per heavy atom. The molecule has 0 spiro atoms. The first-order valence-corrected chi connectivity index (χ1v) is 6.20. The van der Waals surface area contributed by atoms with Crippen molar-refractivity contribution < 1.29 is 19.1 Å². The van der Waals surface area contributed by atoms with E-state index in [4.69, 9.17) is 5.11 Å². The van der Waals surface area contributed by atoms with E-state index >= 15 is 0 Å². The van der Waals surface area contributed by atoms with Crippen LogP contribution in [0.2, 0.25) is 0 Å². The number of carboxylic acids is 1. The van der Waals surface area contributed by atoms with E-state index in [2.05, 4.69) is 0 Å². The maximum absolute atomic E-state index is 12.9. The fourth-order valence-electron chi connectivity index (χ4n) is 2.53. The molecule has 0 saturated carbocycles. The zero-order valence-corrected chi connectivity index (χ0v) is 10.6. The number of likely N-dealkylation sites (tertiary alicyclic amines) is 1. The van der Waals surface area contributed by atoms with Gasteiger partial charge in [0, 0.05) is 12.5 Å². The summed E-state index contributed by atoms with van der Waals surface area (Å²) in [6.45, 7) is 1.19. The molecule has 1 amide bonds. The van der Waals surface area contributed by atoms with Crippen LogP contribution in [0.3, 0.4) is 0 Å². The van der Waals surface area contributed by atoms with E-state index in [1.807, 2.05) is 37.3 Å². The molecular weight excluding hydrogens is 249 g/mol. The van der Waals surface area contributed by atoms with Gasteiger partial charge in [-0.25, -0.2) is 0 Å². The van der Waals surface area contributed by atoms with E-state index in [-0.39, 0.29) is 12.6 Å². The lowest BCUT2D eigenvalue weighted by Crippen LogP contribution is -2.32. The van der Waals surface area contributed by atoms with Gasteiger partial charge in [-0.15, -0.1) is 0 Å². The van der Waals surface area contributed by atoms with Crippen molar-refractivity contribution in [1.82, 2.24) is 4.90 Å². The molecule has 1 aromatic rings. The third kappa shape index (κ3) is 2.45. The number of halogens is 1. The molecule has 1 aromatic carbocycles. The van der Waals surface area contributed by atoms with Crippen LogP contribution in [0.4, 0.5) is 4.39 Å². The van der Waals surface area contributed by atoms with Crippen LogP contribution < -0.4 is 0 Å². The summed E-state index contributed by atoms with van der Waals surface area (Å²) in [5, 5.41) is 9.04. The number of carbonyl (C=O) groups excluding carboxylic acids is 1. The van der Waals surface area contributed by atoms with Crippen molar-refractivity contribution >= 4 is 11.9 Å². The highest BCUT2D eigenvalue weighted by Gasteiger charge is 2.46. The van der Waals surface area contributed by atoms with Crippen molar-refractivity contribution in [2.24, 2.45) is 11.8 Å². The predicted molar refractivity (Wildman–Crippen MR) is 67.2 cm³/mol. The van der Waals surface area contributed by atoms with E-state index in [0.717, 1.165) is 5.56 Å². The third-order valence-corrected chi connectivity index (χ3v) is 3.67. The lowest BCUT2D eigenvalue weighted by atomic mass is 9.97. The van der Waals surface area contributed by atoms with Crippen LogP contribution in [-0.2, 0) is 9.59 Å². The van der Waals surface area contributed by atoms with Gasteiger partial charge in [-0.2, -0.15) is 0 Å². The average molecular weight is 265 g/mol. The van der Waals surface area contributed by atoms with Gasteiger partial charge in [0.15, 0.2) is 0 Å². The fraction of sp³-hybridized carbons (Fsp3) is 0.429. The Balaban J connectivity index is 2.22. The van der Waals surface area contributed by atoms with Gasteiger partial charge in [0.05, 0.1) is 12.7 Å². The SMILES string of the molecule is C[C@H](c1ccccc1)N1C[C@H](CF)[C@@H](C(=O)O)C1=O. The molecule has 1 fully saturated rings. The zero-order valence-electron chi connectivity index (χ0n) is 10.6. The van der Waals surface area contributed by atoms with Gasteiger partial charge >= 0.3 is 5.97 Å². The number of aliphatic carboxylic acids is 1. The standard InChI is InChI=1S/C14H16FNO3/c1-9(10-5-3-2-4-6-10)16-8-11(7-15)12(13(16)17)14(18)19/h2-6,9,11-12H,7-8H2,1H3,(H,18,19)/t9-,11+,12-/m1/s1. The molecule has 0 aliphatic carbocycles. The zero-order chi connectivity index (χ0) is 14.0. The number of alkyl halides is 1. The number of amides is 1. The highest BCUT2D eigenvalue weighted by molar-refractivity contribution is 5.99. The smallest absolute Gasteiger partial charge is 0.316 e. The molecule has 4 nitrogen and oxygen atoms in total. The van der Waals surface area contributed by atoms with Crippen molar-refractivity contribution in [2.45, 2.75) is 13.0 Å². The second-order valence-electron chi connectivity index (χ2n) is 4.81. The lowest BCUT2D eigenvalue weighted by molar-refractivity contribution is -0.149. The maximum atomic E-state index is 12.9. The molecular formula is C14H16FNO3. The van der Waals surface area contributed by atoms with Crippen molar-refractivity contribution in [3.8, 4) is 0 Å². The Labute approximate surface area is 110 Å². The van der Waals surface area contributed by atoms with Gasteiger partial charge in [-0.1, -0.05) is 30.3 Å². The Morgan fingerprint density at radius 2 is 2.11 bits per heavy atom. The first-order valence-electron chi connectivity index (χ1n) is 6.20. The van der Waals surface area contributed by atoms with Gasteiger partial charge in [0.25, 0.3) is 0 Å². The van der Waals surface area contributed by atoms with Crippen LogP contribution in [0.15, 0.2) is 30.3 Å². The van der Waals surface area contributed by atoms with Crippen LogP contribution in [0.1, 0.15) is 18.5 Å². The second kappa shape index (κ2) is 5.38. The van der Waals surface area contributed by atoms with E-state index < -0.39 is 30.4 Å². The number of hydrogen-bond acceptors (Lipinski definition) is 2. The molecule has 5 heteroatoms. The normalized spacial score (nSPS) is 24.5. The minimum Gasteiger partial charge on any atom is -0.481 e. The minimum absolute atomic E-state index is 0.155. The summed E-state index contributed by atoms with van der Waals surface area (Å²) in [5.74, 6) is -3.74. The summed E-state index contributed by atoms with van der Waals surface area (Å²) in [7, 11) is 0. The molecule has 0 aromatic heterocycles. The van der Waals surface area contributed by atoms with Gasteiger partial charge in [0.1, 0.15) is 5.92 Å². The fourth-order valence-corrected chi connectivity index (χ4v) is 2.53. The molecule has 19 heavy (non-hydrogen) atoms. The Hall–Kier alpha value is -1.91. The first kappa shape index (κ1) is 13.5. The van der Waals surface area contributed by atoms with Crippen molar-refractivity contribution in [1.29, 1.82) is 0 Å². The third-order valence-electron chi connectivity index (χ3n) is 3.67. The number of benzene rings is 1. The van der Waals surface area contributed by atoms with Crippen molar-refractivity contribution in [3.63, 3.8) is 0 Å². The van der Waals surface area contributed by atoms with E-state index in [1.54, 1.807) is 0 Å². The number of carbonyl (C=O) groups is 2. The Bertz CT molecular complexity index is 477. The van der Waals surface area contributed by atoms with Crippen LogP contribution in [0, 0.1) is 11.8 Å². The molecule has 3 atom stereocenters. The maximum Gasteiger partial charge on any atom is 0.316 e. The summed E-state index contributed by atoms with van der Waals surface area (Å²) < 4.78 is 12.9. The number of carboxylic acid groups (broad SMARTS) is 1. The predicted octanol–water partition coefficient (Wildman–Crippen LogP) is 1.88. The van der Waals surface area contributed by atoms with Gasteiger partial charge in [-0.3, -0.25) is 14.0 Å². The molecule has 1 aliphatic heterocycles. The first-order chi connectivity index (χ1) is 9.06. The summed E-state index contributed by atoms with van der Waals surface area (Å²) in [6, 6.07) is 9.08. The van der Waals surface area contributed by atoms with Gasteiger partial charge in [0.2, 0.25) is 5.91 Å². The minimum atomic E-state index is -1.25. The van der Waals surface area contributed by atoms with Gasteiger partial charge < -0.3 is 10.0 Å². The Morgan fingerprint density at radius 3 is 2.58 bits per heavy atom. The summed E-state index contributed by atoms with van der Waals surface area (Å²) >= 11 is 0.